The molecule has 2 rings (SSSR count). The molecule has 0 spiro atoms. The number of ether oxygens (including phenoxy) is 1. The molecule has 0 bridgehead atoms. The summed E-state index contributed by atoms with van der Waals surface area (Å²) in [6.07, 6.45) is 7.66. The molecular formula is C9H15NO2. The highest BCUT2D eigenvalue weighted by Gasteiger charge is 2.27. The molecule has 3 nitrogen and oxygen atoms in total. The van der Waals surface area contributed by atoms with E-state index in [2.05, 4.69) is 0 Å². The van der Waals surface area contributed by atoms with Crippen LogP contribution in [-0.2, 0) is 4.74 Å². The number of hydrogen-bond donors (Lipinski definition) is 0. The molecule has 1 aliphatic carbocycles. The Morgan fingerprint density at radius 2 is 1.92 bits per heavy atom. The van der Waals surface area contributed by atoms with Gasteiger partial charge in [0.25, 0.3) is 0 Å². The predicted octanol–water partition coefficient (Wildman–Crippen LogP) is 1.30. The Morgan fingerprint density at radius 1 is 1.25 bits per heavy atom. The van der Waals surface area contributed by atoms with Crippen LogP contribution in [0.15, 0.2) is 0 Å². The van der Waals surface area contributed by atoms with E-state index in [1.807, 2.05) is 0 Å². The van der Waals surface area contributed by atoms with Crippen LogP contribution in [0, 0.1) is 5.21 Å². The number of hydroxylamine groups is 1. The summed E-state index contributed by atoms with van der Waals surface area (Å²) in [5.74, 6) is 0. The van der Waals surface area contributed by atoms with Gasteiger partial charge in [0.05, 0.1) is 6.61 Å². The predicted molar refractivity (Wildman–Crippen MR) is 46.3 cm³/mol. The van der Waals surface area contributed by atoms with Gasteiger partial charge in [-0.05, 0) is 12.8 Å². The Bertz CT molecular complexity index is 181. The standard InChI is InChI=1S/C9H15NO2/c11-10(6-9-7-12-9)8-4-2-1-3-5-8/h6,8-9H,1-5,7H2/b10-6-. The van der Waals surface area contributed by atoms with Crippen LogP contribution in [0.5, 0.6) is 0 Å². The summed E-state index contributed by atoms with van der Waals surface area (Å²) in [7, 11) is 0. The first-order chi connectivity index (χ1) is 5.86. The van der Waals surface area contributed by atoms with E-state index in [0.717, 1.165) is 24.2 Å². The maximum absolute atomic E-state index is 11.4. The lowest BCUT2D eigenvalue weighted by Crippen LogP contribution is -2.26. The number of nitrogens with zero attached hydrogens (tertiary/aromatic N) is 1. The smallest absolute Gasteiger partial charge is 0.182 e. The van der Waals surface area contributed by atoms with Gasteiger partial charge >= 0.3 is 0 Å². The second-order valence-corrected chi connectivity index (χ2v) is 3.67. The molecular weight excluding hydrogens is 154 g/mol. The molecule has 0 aromatic carbocycles. The molecule has 68 valence electrons. The first kappa shape index (κ1) is 8.05. The average Bonchev–Trinajstić information content (AvgIpc) is 2.90. The normalized spacial score (nSPS) is 32.0. The minimum absolute atomic E-state index is 0.129. The van der Waals surface area contributed by atoms with Crippen molar-refractivity contribution in [1.82, 2.24) is 0 Å². The van der Waals surface area contributed by atoms with Crippen LogP contribution >= 0.6 is 0 Å². The fourth-order valence-corrected chi connectivity index (χ4v) is 1.76. The number of epoxide rings is 1. The molecule has 12 heavy (non-hydrogen) atoms. The summed E-state index contributed by atoms with van der Waals surface area (Å²) >= 11 is 0. The molecule has 1 atom stereocenters. The van der Waals surface area contributed by atoms with E-state index in [1.165, 1.54) is 19.3 Å². The Kier molecular flexibility index (Phi) is 2.30. The summed E-state index contributed by atoms with van der Waals surface area (Å²) in [5.41, 5.74) is 0. The first-order valence-electron chi connectivity index (χ1n) is 4.78. The van der Waals surface area contributed by atoms with Crippen LogP contribution in [0.25, 0.3) is 0 Å². The summed E-state index contributed by atoms with van der Waals surface area (Å²) in [6.45, 7) is 0.742. The first-order valence-corrected chi connectivity index (χ1v) is 4.78. The Morgan fingerprint density at radius 3 is 2.50 bits per heavy atom. The third kappa shape index (κ3) is 1.97. The van der Waals surface area contributed by atoms with Crippen LogP contribution in [0.4, 0.5) is 0 Å². The quantitative estimate of drug-likeness (QED) is 0.205. The molecule has 1 aliphatic heterocycles. The van der Waals surface area contributed by atoms with Gasteiger partial charge in [-0.3, -0.25) is 0 Å². The van der Waals surface area contributed by atoms with Crippen molar-refractivity contribution in [3.8, 4) is 0 Å². The van der Waals surface area contributed by atoms with Gasteiger partial charge in [-0.25, -0.2) is 4.74 Å². The maximum Gasteiger partial charge on any atom is 0.182 e. The van der Waals surface area contributed by atoms with Crippen LogP contribution in [-0.4, -0.2) is 29.7 Å². The Labute approximate surface area is 72.6 Å². The third-order valence-corrected chi connectivity index (χ3v) is 2.61. The zero-order chi connectivity index (χ0) is 8.39. The van der Waals surface area contributed by atoms with Gasteiger partial charge in [0.1, 0.15) is 0 Å². The van der Waals surface area contributed by atoms with Crippen molar-refractivity contribution in [2.45, 2.75) is 44.2 Å². The average molecular weight is 169 g/mol. The molecule has 0 aromatic heterocycles. The molecule has 1 saturated carbocycles. The molecule has 1 heterocycles. The van der Waals surface area contributed by atoms with Crippen LogP contribution in [0.3, 0.4) is 0 Å². The monoisotopic (exact) mass is 169 g/mol. The summed E-state index contributed by atoms with van der Waals surface area (Å²) < 4.78 is 6.09. The van der Waals surface area contributed by atoms with Crippen molar-refractivity contribution < 1.29 is 9.48 Å². The molecule has 2 fully saturated rings. The SMILES string of the molecule is [O-]/[N+](=C\C1CO1)C1CCCCC1. The van der Waals surface area contributed by atoms with Crippen molar-refractivity contribution in [2.75, 3.05) is 6.61 Å². The molecule has 0 aromatic rings. The fraction of sp³-hybridized carbons (Fsp3) is 0.889. The van der Waals surface area contributed by atoms with E-state index in [9.17, 15) is 5.21 Å². The molecule has 1 saturated heterocycles. The number of hydrogen-bond acceptors (Lipinski definition) is 2. The second kappa shape index (κ2) is 3.44. The largest absolute Gasteiger partial charge is 0.624 e. The van der Waals surface area contributed by atoms with E-state index in [0.29, 0.717) is 0 Å². The van der Waals surface area contributed by atoms with E-state index in [-0.39, 0.29) is 12.1 Å². The highest BCUT2D eigenvalue weighted by Crippen LogP contribution is 2.20. The number of rotatable bonds is 2. The van der Waals surface area contributed by atoms with Crippen LogP contribution in [0.1, 0.15) is 32.1 Å². The van der Waals surface area contributed by atoms with E-state index >= 15 is 0 Å². The summed E-state index contributed by atoms with van der Waals surface area (Å²) in [5, 5.41) is 11.4. The van der Waals surface area contributed by atoms with E-state index in [1.54, 1.807) is 6.21 Å². The lowest BCUT2D eigenvalue weighted by Gasteiger charge is -2.20. The molecule has 0 radical (unpaired) electrons. The van der Waals surface area contributed by atoms with Crippen molar-refractivity contribution in [1.29, 1.82) is 0 Å². The zero-order valence-electron chi connectivity index (χ0n) is 7.24. The topological polar surface area (TPSA) is 38.6 Å². The van der Waals surface area contributed by atoms with Gasteiger partial charge in [-0.1, -0.05) is 6.42 Å². The van der Waals surface area contributed by atoms with Gasteiger partial charge < -0.3 is 9.94 Å². The van der Waals surface area contributed by atoms with E-state index < -0.39 is 0 Å². The third-order valence-electron chi connectivity index (χ3n) is 2.61. The fourth-order valence-electron chi connectivity index (χ4n) is 1.76. The Balaban J connectivity index is 1.87. The lowest BCUT2D eigenvalue weighted by molar-refractivity contribution is -0.502. The molecule has 3 heteroatoms. The molecule has 1 unspecified atom stereocenters. The van der Waals surface area contributed by atoms with Crippen molar-refractivity contribution in [2.24, 2.45) is 0 Å². The molecule has 0 amide bonds. The minimum atomic E-state index is 0.129. The van der Waals surface area contributed by atoms with Crippen molar-refractivity contribution >= 4 is 6.21 Å². The highest BCUT2D eigenvalue weighted by atomic mass is 16.6. The lowest BCUT2D eigenvalue weighted by atomic mass is 9.96. The van der Waals surface area contributed by atoms with Crippen molar-refractivity contribution in [3.63, 3.8) is 0 Å². The highest BCUT2D eigenvalue weighted by molar-refractivity contribution is 5.60. The van der Waals surface area contributed by atoms with Crippen molar-refractivity contribution in [3.05, 3.63) is 5.21 Å². The molecule has 2 aliphatic rings. The summed E-state index contributed by atoms with van der Waals surface area (Å²) in [6, 6.07) is 0.239. The zero-order valence-corrected chi connectivity index (χ0v) is 7.24. The molecule has 0 N–H and O–H groups in total. The van der Waals surface area contributed by atoms with Gasteiger partial charge in [-0.15, -0.1) is 0 Å². The van der Waals surface area contributed by atoms with Gasteiger partial charge in [0.2, 0.25) is 0 Å². The summed E-state index contributed by atoms with van der Waals surface area (Å²) in [4.78, 5) is 0. The second-order valence-electron chi connectivity index (χ2n) is 3.67. The van der Waals surface area contributed by atoms with Gasteiger partial charge in [0.15, 0.2) is 18.4 Å². The minimum Gasteiger partial charge on any atom is -0.624 e. The van der Waals surface area contributed by atoms with Crippen LogP contribution in [0.2, 0.25) is 0 Å². The van der Waals surface area contributed by atoms with E-state index in [4.69, 9.17) is 4.74 Å². The Hall–Kier alpha value is -0.570. The van der Waals surface area contributed by atoms with Crippen LogP contribution < -0.4 is 0 Å². The van der Waals surface area contributed by atoms with Gasteiger partial charge in [-0.2, -0.15) is 0 Å². The van der Waals surface area contributed by atoms with Gasteiger partial charge in [0, 0.05) is 12.8 Å². The maximum atomic E-state index is 11.4.